The Bertz CT molecular complexity index is 1110. The minimum Gasteiger partial charge on any atom is -0.497 e. The summed E-state index contributed by atoms with van der Waals surface area (Å²) in [7, 11) is 1.63. The molecule has 4 nitrogen and oxygen atoms in total. The van der Waals surface area contributed by atoms with Crippen molar-refractivity contribution in [3.63, 3.8) is 0 Å². The molecule has 0 saturated heterocycles. The van der Waals surface area contributed by atoms with Gasteiger partial charge in [0.1, 0.15) is 16.9 Å². The first-order valence-corrected chi connectivity index (χ1v) is 7.68. The fraction of sp³-hybridized carbons (Fsp3) is 0.150. The highest BCUT2D eigenvalue weighted by molar-refractivity contribution is 6.04. The lowest BCUT2D eigenvalue weighted by Gasteiger charge is -2.09. The Balaban J connectivity index is 2.10. The molecule has 0 aliphatic carbocycles. The third kappa shape index (κ3) is 2.11. The molecule has 0 aliphatic heterocycles. The summed E-state index contributed by atoms with van der Waals surface area (Å²) in [6.07, 6.45) is 1.72. The van der Waals surface area contributed by atoms with E-state index in [9.17, 15) is 4.79 Å². The van der Waals surface area contributed by atoms with Gasteiger partial charge in [0.25, 0.3) is 0 Å². The van der Waals surface area contributed by atoms with Crippen LogP contribution in [0.3, 0.4) is 0 Å². The molecule has 0 atom stereocenters. The second-order valence-corrected chi connectivity index (χ2v) is 5.88. The molecule has 4 aromatic rings. The molecule has 0 amide bonds. The molecular weight excluding hydrogens is 304 g/mol. The fourth-order valence-electron chi connectivity index (χ4n) is 3.10. The Morgan fingerprint density at radius 3 is 2.42 bits per heavy atom. The number of methoxy groups -OCH3 is 1. The van der Waals surface area contributed by atoms with Gasteiger partial charge in [-0.3, -0.25) is 0 Å². The van der Waals surface area contributed by atoms with E-state index in [1.807, 2.05) is 44.2 Å². The van der Waals surface area contributed by atoms with Crippen molar-refractivity contribution in [1.29, 1.82) is 0 Å². The summed E-state index contributed by atoms with van der Waals surface area (Å²) in [5, 5.41) is 1.93. The van der Waals surface area contributed by atoms with Crippen molar-refractivity contribution < 1.29 is 13.6 Å². The Kier molecular flexibility index (Phi) is 3.20. The van der Waals surface area contributed by atoms with Gasteiger partial charge < -0.3 is 13.6 Å². The molecule has 0 bridgehead atoms. The number of fused-ring (bicyclic) bond motifs is 2. The Hall–Kier alpha value is -3.01. The van der Waals surface area contributed by atoms with Crippen molar-refractivity contribution in [2.24, 2.45) is 0 Å². The average molecular weight is 320 g/mol. The van der Waals surface area contributed by atoms with Crippen molar-refractivity contribution in [1.82, 2.24) is 0 Å². The summed E-state index contributed by atoms with van der Waals surface area (Å²) in [5.41, 5.74) is 4.62. The first-order chi connectivity index (χ1) is 11.6. The van der Waals surface area contributed by atoms with E-state index >= 15 is 0 Å². The van der Waals surface area contributed by atoms with E-state index in [0.29, 0.717) is 5.58 Å². The number of aryl methyl sites for hydroxylation is 2. The van der Waals surface area contributed by atoms with Crippen molar-refractivity contribution in [3.8, 4) is 16.9 Å². The zero-order valence-corrected chi connectivity index (χ0v) is 13.7. The van der Waals surface area contributed by atoms with E-state index in [-0.39, 0.29) is 5.63 Å². The number of ether oxygens (including phenoxy) is 1. The van der Waals surface area contributed by atoms with Crippen LogP contribution in [0, 0.1) is 13.8 Å². The lowest BCUT2D eigenvalue weighted by atomic mass is 9.98. The largest absolute Gasteiger partial charge is 0.497 e. The maximum atomic E-state index is 12.1. The van der Waals surface area contributed by atoms with Crippen molar-refractivity contribution in [2.45, 2.75) is 13.8 Å². The molecule has 0 N–H and O–H groups in total. The molecule has 4 rings (SSSR count). The molecule has 0 aliphatic rings. The zero-order valence-electron chi connectivity index (χ0n) is 13.7. The Morgan fingerprint density at radius 2 is 1.71 bits per heavy atom. The van der Waals surface area contributed by atoms with E-state index in [2.05, 4.69) is 0 Å². The first kappa shape index (κ1) is 14.6. The molecule has 0 radical (unpaired) electrons. The molecule has 4 heteroatoms. The molecule has 2 aromatic heterocycles. The maximum Gasteiger partial charge on any atom is 0.336 e. The lowest BCUT2D eigenvalue weighted by Crippen LogP contribution is -1.99. The Labute approximate surface area is 138 Å². The number of benzene rings is 2. The highest BCUT2D eigenvalue weighted by Crippen LogP contribution is 2.35. The van der Waals surface area contributed by atoms with Crippen LogP contribution < -0.4 is 10.4 Å². The fourth-order valence-corrected chi connectivity index (χ4v) is 3.10. The van der Waals surface area contributed by atoms with Crippen LogP contribution in [0.1, 0.15) is 11.1 Å². The van der Waals surface area contributed by atoms with Gasteiger partial charge in [-0.05, 0) is 48.7 Å². The van der Waals surface area contributed by atoms with Gasteiger partial charge in [0, 0.05) is 22.4 Å². The Morgan fingerprint density at radius 1 is 0.958 bits per heavy atom. The van der Waals surface area contributed by atoms with E-state index in [1.165, 1.54) is 6.07 Å². The predicted molar refractivity (Wildman–Crippen MR) is 93.7 cm³/mol. The number of hydrogen-bond donors (Lipinski definition) is 0. The van der Waals surface area contributed by atoms with Crippen LogP contribution in [-0.4, -0.2) is 7.11 Å². The SMILES string of the molecule is COc1ccc(-c2cc(=O)oc3c(C)c4occ(C)c4cc23)cc1. The van der Waals surface area contributed by atoms with Crippen LogP contribution >= 0.6 is 0 Å². The summed E-state index contributed by atoms with van der Waals surface area (Å²) in [5.74, 6) is 0.773. The van der Waals surface area contributed by atoms with Crippen LogP contribution in [0.2, 0.25) is 0 Å². The number of rotatable bonds is 2. The first-order valence-electron chi connectivity index (χ1n) is 7.68. The molecule has 24 heavy (non-hydrogen) atoms. The molecule has 2 aromatic carbocycles. The van der Waals surface area contributed by atoms with Gasteiger partial charge in [-0.1, -0.05) is 12.1 Å². The highest BCUT2D eigenvalue weighted by Gasteiger charge is 2.15. The summed E-state index contributed by atoms with van der Waals surface area (Å²) in [6.45, 7) is 3.91. The van der Waals surface area contributed by atoms with Gasteiger partial charge in [0.2, 0.25) is 0 Å². The van der Waals surface area contributed by atoms with Crippen LogP contribution in [-0.2, 0) is 0 Å². The van der Waals surface area contributed by atoms with E-state index in [4.69, 9.17) is 13.6 Å². The van der Waals surface area contributed by atoms with Crippen LogP contribution in [0.5, 0.6) is 5.75 Å². The smallest absolute Gasteiger partial charge is 0.336 e. The zero-order chi connectivity index (χ0) is 16.8. The molecule has 0 fully saturated rings. The van der Waals surface area contributed by atoms with Gasteiger partial charge in [-0.25, -0.2) is 4.79 Å². The molecule has 2 heterocycles. The third-order valence-corrected chi connectivity index (χ3v) is 4.39. The average Bonchev–Trinajstić information content (AvgIpc) is 2.97. The minimum atomic E-state index is -0.376. The maximum absolute atomic E-state index is 12.1. The quantitative estimate of drug-likeness (QED) is 0.496. The summed E-state index contributed by atoms with van der Waals surface area (Å²) >= 11 is 0. The van der Waals surface area contributed by atoms with E-state index in [0.717, 1.165) is 44.4 Å². The number of furan rings is 1. The number of hydrogen-bond acceptors (Lipinski definition) is 4. The van der Waals surface area contributed by atoms with Crippen LogP contribution in [0.4, 0.5) is 0 Å². The molecule has 0 spiro atoms. The second-order valence-electron chi connectivity index (χ2n) is 5.88. The summed E-state index contributed by atoms with van der Waals surface area (Å²) in [6, 6.07) is 11.2. The van der Waals surface area contributed by atoms with Crippen molar-refractivity contribution in [2.75, 3.05) is 7.11 Å². The van der Waals surface area contributed by atoms with Crippen molar-refractivity contribution in [3.05, 3.63) is 64.2 Å². The van der Waals surface area contributed by atoms with Crippen LogP contribution in [0.15, 0.2) is 56.3 Å². The van der Waals surface area contributed by atoms with Crippen molar-refractivity contribution >= 4 is 21.9 Å². The predicted octanol–water partition coefficient (Wildman–Crippen LogP) is 4.83. The lowest BCUT2D eigenvalue weighted by molar-refractivity contribution is 0.415. The molecule has 120 valence electrons. The molecule has 0 saturated carbocycles. The van der Waals surface area contributed by atoms with Gasteiger partial charge in [0.15, 0.2) is 0 Å². The van der Waals surface area contributed by atoms with Gasteiger partial charge in [-0.15, -0.1) is 0 Å². The molecule has 0 unspecified atom stereocenters. The second kappa shape index (κ2) is 5.27. The van der Waals surface area contributed by atoms with Gasteiger partial charge in [0.05, 0.1) is 13.4 Å². The van der Waals surface area contributed by atoms with E-state index in [1.54, 1.807) is 13.4 Å². The minimum absolute atomic E-state index is 0.376. The summed E-state index contributed by atoms with van der Waals surface area (Å²) < 4.78 is 16.3. The normalized spacial score (nSPS) is 11.3. The standard InChI is InChI=1S/C20H16O4/c1-11-10-23-19-12(2)20-17(8-15(11)19)16(9-18(21)24-20)13-4-6-14(22-3)7-5-13/h4-10H,1-3H3. The van der Waals surface area contributed by atoms with E-state index < -0.39 is 0 Å². The van der Waals surface area contributed by atoms with Crippen LogP contribution in [0.25, 0.3) is 33.1 Å². The summed E-state index contributed by atoms with van der Waals surface area (Å²) in [4.78, 5) is 12.1. The monoisotopic (exact) mass is 320 g/mol. The topological polar surface area (TPSA) is 52.6 Å². The van der Waals surface area contributed by atoms with Gasteiger partial charge in [-0.2, -0.15) is 0 Å². The highest BCUT2D eigenvalue weighted by atomic mass is 16.5. The van der Waals surface area contributed by atoms with Gasteiger partial charge >= 0.3 is 5.63 Å². The molecular formula is C20H16O4. The third-order valence-electron chi connectivity index (χ3n) is 4.39.